The lowest BCUT2D eigenvalue weighted by molar-refractivity contribution is -0.00967. The van der Waals surface area contributed by atoms with Crippen molar-refractivity contribution in [1.82, 2.24) is 0 Å². The van der Waals surface area contributed by atoms with Crippen molar-refractivity contribution in [1.29, 1.82) is 0 Å². The van der Waals surface area contributed by atoms with Gasteiger partial charge in [0.05, 0.1) is 11.1 Å². The Kier molecular flexibility index (Phi) is 12.7. The highest BCUT2D eigenvalue weighted by Gasteiger charge is 2.45. The van der Waals surface area contributed by atoms with E-state index in [1.807, 2.05) is 102 Å². The van der Waals surface area contributed by atoms with Crippen LogP contribution >= 0.6 is 136 Å². The van der Waals surface area contributed by atoms with Gasteiger partial charge in [0.15, 0.2) is 6.61 Å². The molecular formula is C23H11F2I6NO8S. The Hall–Kier alpha value is 0.220. The Morgan fingerprint density at radius 1 is 0.805 bits per heavy atom. The molecule has 41 heavy (non-hydrogen) atoms. The Bertz CT molecular complexity index is 1690. The zero-order chi connectivity index (χ0) is 30.9. The van der Waals surface area contributed by atoms with E-state index in [4.69, 9.17) is 9.29 Å². The van der Waals surface area contributed by atoms with Gasteiger partial charge in [-0.05, 0) is 172 Å². The second-order valence-electron chi connectivity index (χ2n) is 7.74. The second-order valence-corrected chi connectivity index (χ2v) is 16.3. The van der Waals surface area contributed by atoms with Gasteiger partial charge in [-0.25, -0.2) is 9.59 Å². The maximum absolute atomic E-state index is 13.7. The Morgan fingerprint density at radius 3 is 1.90 bits per heavy atom. The van der Waals surface area contributed by atoms with E-state index >= 15 is 0 Å². The maximum Gasteiger partial charge on any atom is 0.402 e. The van der Waals surface area contributed by atoms with Gasteiger partial charge in [-0.15, -0.1) is 0 Å². The quantitative estimate of drug-likeness (QED) is 0.0783. The molecule has 3 rings (SSSR count). The molecule has 0 spiro atoms. The lowest BCUT2D eigenvalue weighted by atomic mass is 10.1. The van der Waals surface area contributed by atoms with Crippen molar-refractivity contribution in [2.75, 3.05) is 11.9 Å². The highest BCUT2D eigenvalue weighted by atomic mass is 127. The molecule has 0 unspecified atom stereocenters. The highest BCUT2D eigenvalue weighted by Crippen LogP contribution is 2.30. The normalized spacial score (nSPS) is 11.6. The van der Waals surface area contributed by atoms with E-state index < -0.39 is 51.1 Å². The molecule has 0 saturated heterocycles. The summed E-state index contributed by atoms with van der Waals surface area (Å²) < 4.78 is 72.1. The van der Waals surface area contributed by atoms with Gasteiger partial charge in [-0.1, -0.05) is 0 Å². The van der Waals surface area contributed by atoms with Gasteiger partial charge in [0.25, 0.3) is 5.91 Å². The number of ether oxygens (including phenoxy) is 2. The molecule has 0 atom stereocenters. The van der Waals surface area contributed by atoms with Crippen LogP contribution in [-0.2, 0) is 14.9 Å². The van der Waals surface area contributed by atoms with E-state index in [1.54, 1.807) is 12.1 Å². The second kappa shape index (κ2) is 14.5. The SMILES string of the molecule is O=C(OCC(F)(F)S(=O)(=O)O)c1ccc(NC(=O)c2cc(I)cc(I)c2I)cc1OC(=O)c1cc(I)cc(I)c1I. The molecule has 0 bridgehead atoms. The van der Waals surface area contributed by atoms with Crippen molar-refractivity contribution in [3.63, 3.8) is 0 Å². The third-order valence-corrected chi connectivity index (χ3v) is 13.1. The molecular weight excluding hydrogens is 1250 g/mol. The number of anilines is 1. The predicted molar refractivity (Wildman–Crippen MR) is 195 cm³/mol. The van der Waals surface area contributed by atoms with Crippen LogP contribution < -0.4 is 10.1 Å². The number of hydrogen-bond acceptors (Lipinski definition) is 7. The predicted octanol–water partition coefficient (Wildman–Crippen LogP) is 7.42. The van der Waals surface area contributed by atoms with Crippen molar-refractivity contribution in [2.45, 2.75) is 5.25 Å². The summed E-state index contributed by atoms with van der Waals surface area (Å²) in [6.45, 7) is -1.99. The van der Waals surface area contributed by atoms with Crippen molar-refractivity contribution < 1.29 is 45.6 Å². The zero-order valence-electron chi connectivity index (χ0n) is 19.5. The molecule has 0 radical (unpaired) electrons. The molecule has 0 aliphatic carbocycles. The molecule has 0 saturated carbocycles. The number of carbonyl (C=O) groups excluding carboxylic acids is 3. The molecule has 0 heterocycles. The Balaban J connectivity index is 2.00. The summed E-state index contributed by atoms with van der Waals surface area (Å²) in [5.74, 6) is -3.33. The van der Waals surface area contributed by atoms with E-state index in [0.717, 1.165) is 22.8 Å². The van der Waals surface area contributed by atoms with Crippen LogP contribution in [0.4, 0.5) is 14.5 Å². The van der Waals surface area contributed by atoms with E-state index in [9.17, 15) is 31.6 Å². The van der Waals surface area contributed by atoms with Crippen molar-refractivity contribution in [3.8, 4) is 5.75 Å². The zero-order valence-corrected chi connectivity index (χ0v) is 33.2. The first kappa shape index (κ1) is 35.7. The van der Waals surface area contributed by atoms with Crippen LogP contribution in [0.25, 0.3) is 0 Å². The number of nitrogens with one attached hydrogen (secondary N) is 1. The largest absolute Gasteiger partial charge is 0.454 e. The average molecular weight is 1260 g/mol. The highest BCUT2D eigenvalue weighted by molar-refractivity contribution is 14.1. The molecule has 0 aliphatic rings. The lowest BCUT2D eigenvalue weighted by Crippen LogP contribution is -2.34. The molecule has 0 aromatic heterocycles. The summed E-state index contributed by atoms with van der Waals surface area (Å²) in [6, 6.07) is 10.4. The standard InChI is InChI=1S/C23H11F2I6NO8S/c24-23(25,41(36,37)38)8-39-21(34)12-2-1-11(32-20(33)13-3-9(26)5-15(28)18(13)30)7-17(12)40-22(35)14-4-10(27)6-16(29)19(14)31/h1-7H,8H2,(H,32,33)(H,36,37,38). The number of halogens is 8. The lowest BCUT2D eigenvalue weighted by Gasteiger charge is -2.16. The van der Waals surface area contributed by atoms with E-state index in [2.05, 4.69) is 55.2 Å². The van der Waals surface area contributed by atoms with E-state index in [0.29, 0.717) is 16.3 Å². The monoisotopic (exact) mass is 1260 g/mol. The van der Waals surface area contributed by atoms with Gasteiger partial charge in [0.2, 0.25) is 0 Å². The minimum atomic E-state index is -5.86. The fourth-order valence-electron chi connectivity index (χ4n) is 2.93. The Morgan fingerprint density at radius 2 is 1.34 bits per heavy atom. The number of rotatable bonds is 8. The van der Waals surface area contributed by atoms with Gasteiger partial charge < -0.3 is 14.8 Å². The smallest absolute Gasteiger partial charge is 0.402 e. The van der Waals surface area contributed by atoms with Crippen LogP contribution in [0.1, 0.15) is 31.1 Å². The number of carbonyl (C=O) groups is 3. The van der Waals surface area contributed by atoms with Crippen molar-refractivity contribution in [3.05, 3.63) is 80.6 Å². The van der Waals surface area contributed by atoms with E-state index in [-0.39, 0.29) is 11.3 Å². The van der Waals surface area contributed by atoms with Gasteiger partial charge >= 0.3 is 27.3 Å². The summed E-state index contributed by atoms with van der Waals surface area (Å²) >= 11 is 12.2. The van der Waals surface area contributed by atoms with Gasteiger partial charge in [0.1, 0.15) is 11.3 Å². The molecule has 3 aromatic carbocycles. The molecule has 3 aromatic rings. The van der Waals surface area contributed by atoms with Gasteiger partial charge in [-0.2, -0.15) is 17.2 Å². The summed E-state index contributed by atoms with van der Waals surface area (Å²) in [7, 11) is -5.86. The number of alkyl halides is 2. The molecule has 218 valence electrons. The van der Waals surface area contributed by atoms with Crippen LogP contribution in [0.3, 0.4) is 0 Å². The van der Waals surface area contributed by atoms with Crippen LogP contribution in [0, 0.1) is 21.4 Å². The molecule has 0 aliphatic heterocycles. The minimum Gasteiger partial charge on any atom is -0.454 e. The fraction of sp³-hybridized carbons (Fsp3) is 0.0870. The number of hydrogen-bond donors (Lipinski definition) is 2. The van der Waals surface area contributed by atoms with Crippen LogP contribution in [0.15, 0.2) is 42.5 Å². The first-order chi connectivity index (χ1) is 18.9. The average Bonchev–Trinajstić information content (AvgIpc) is 2.86. The minimum absolute atomic E-state index is 0.0919. The molecule has 18 heteroatoms. The topological polar surface area (TPSA) is 136 Å². The van der Waals surface area contributed by atoms with Crippen LogP contribution in [0.2, 0.25) is 0 Å². The number of amides is 1. The first-order valence-corrected chi connectivity index (χ1v) is 18.3. The Labute approximate surface area is 313 Å². The van der Waals surface area contributed by atoms with Crippen LogP contribution in [-0.4, -0.2) is 42.7 Å². The maximum atomic E-state index is 13.7. The first-order valence-electron chi connectivity index (χ1n) is 10.4. The molecule has 1 amide bonds. The summed E-state index contributed by atoms with van der Waals surface area (Å²) in [5, 5.41) is -2.13. The number of esters is 2. The van der Waals surface area contributed by atoms with Crippen molar-refractivity contribution in [2.24, 2.45) is 0 Å². The number of benzene rings is 3. The van der Waals surface area contributed by atoms with Crippen LogP contribution in [0.5, 0.6) is 5.75 Å². The summed E-state index contributed by atoms with van der Waals surface area (Å²) in [6.07, 6.45) is 0. The summed E-state index contributed by atoms with van der Waals surface area (Å²) in [4.78, 5) is 38.9. The van der Waals surface area contributed by atoms with E-state index in [1.165, 1.54) is 6.07 Å². The summed E-state index contributed by atoms with van der Waals surface area (Å²) in [5.41, 5.74) is 0.0846. The third-order valence-electron chi connectivity index (χ3n) is 4.86. The van der Waals surface area contributed by atoms with Crippen molar-refractivity contribution >= 4 is 169 Å². The molecule has 0 fully saturated rings. The third kappa shape index (κ3) is 9.13. The molecule has 2 N–H and O–H groups in total. The van der Waals surface area contributed by atoms with Gasteiger partial charge in [0, 0.05) is 33.2 Å². The fourth-order valence-corrected chi connectivity index (χ4v) is 7.92. The van der Waals surface area contributed by atoms with Gasteiger partial charge in [-0.3, -0.25) is 9.35 Å². The molecule has 9 nitrogen and oxygen atoms in total.